The SMILES string of the molecule is CN(CC(=O)N(CCC(N)=O)c1ccc(F)cc1)c1ccc(F)c(F)c1. The van der Waals surface area contributed by atoms with E-state index < -0.39 is 29.3 Å². The van der Waals surface area contributed by atoms with E-state index in [0.29, 0.717) is 11.4 Å². The van der Waals surface area contributed by atoms with Crippen LogP contribution in [0.3, 0.4) is 0 Å². The summed E-state index contributed by atoms with van der Waals surface area (Å²) in [6.45, 7) is -0.146. The minimum Gasteiger partial charge on any atom is -0.370 e. The quantitative estimate of drug-likeness (QED) is 0.820. The number of carbonyl (C=O) groups is 2. The Hall–Kier alpha value is -3.03. The number of halogens is 3. The van der Waals surface area contributed by atoms with Crippen LogP contribution in [-0.2, 0) is 9.59 Å². The number of likely N-dealkylation sites (N-methyl/N-ethyl adjacent to an activating group) is 1. The average Bonchev–Trinajstić information content (AvgIpc) is 2.58. The van der Waals surface area contributed by atoms with E-state index in [9.17, 15) is 22.8 Å². The van der Waals surface area contributed by atoms with Gasteiger partial charge in [0.25, 0.3) is 0 Å². The molecule has 0 radical (unpaired) electrons. The van der Waals surface area contributed by atoms with E-state index >= 15 is 0 Å². The zero-order chi connectivity index (χ0) is 19.3. The van der Waals surface area contributed by atoms with Crippen molar-refractivity contribution in [2.24, 2.45) is 5.73 Å². The van der Waals surface area contributed by atoms with E-state index in [2.05, 4.69) is 0 Å². The van der Waals surface area contributed by atoms with E-state index in [0.717, 1.165) is 12.1 Å². The highest BCUT2D eigenvalue weighted by Crippen LogP contribution is 2.19. The molecular weight excluding hydrogens is 347 g/mol. The van der Waals surface area contributed by atoms with Gasteiger partial charge in [0, 0.05) is 37.5 Å². The molecule has 2 aromatic carbocycles. The molecule has 26 heavy (non-hydrogen) atoms. The van der Waals surface area contributed by atoms with Crippen LogP contribution in [0.2, 0.25) is 0 Å². The van der Waals surface area contributed by atoms with Gasteiger partial charge in [-0.25, -0.2) is 13.2 Å². The van der Waals surface area contributed by atoms with Crippen LogP contribution >= 0.6 is 0 Å². The molecule has 0 fully saturated rings. The van der Waals surface area contributed by atoms with Crippen LogP contribution < -0.4 is 15.5 Å². The van der Waals surface area contributed by atoms with Crippen LogP contribution in [0.1, 0.15) is 6.42 Å². The molecule has 0 heterocycles. The summed E-state index contributed by atoms with van der Waals surface area (Å²) in [7, 11) is 1.54. The molecular formula is C18H18F3N3O2. The van der Waals surface area contributed by atoms with Gasteiger partial charge in [0.05, 0.1) is 6.54 Å². The number of hydrogen-bond acceptors (Lipinski definition) is 3. The van der Waals surface area contributed by atoms with Crippen molar-refractivity contribution in [3.05, 3.63) is 59.9 Å². The summed E-state index contributed by atoms with van der Waals surface area (Å²) in [5.74, 6) is -3.47. The topological polar surface area (TPSA) is 66.6 Å². The van der Waals surface area contributed by atoms with Crippen molar-refractivity contribution >= 4 is 23.2 Å². The Morgan fingerprint density at radius 3 is 2.15 bits per heavy atom. The monoisotopic (exact) mass is 365 g/mol. The number of rotatable bonds is 7. The largest absolute Gasteiger partial charge is 0.370 e. The summed E-state index contributed by atoms with van der Waals surface area (Å²) in [5, 5.41) is 0. The normalized spacial score (nSPS) is 10.5. The lowest BCUT2D eigenvalue weighted by Crippen LogP contribution is -2.40. The summed E-state index contributed by atoms with van der Waals surface area (Å²) in [4.78, 5) is 26.4. The van der Waals surface area contributed by atoms with Crippen LogP contribution in [0.4, 0.5) is 24.5 Å². The molecule has 5 nitrogen and oxygen atoms in total. The van der Waals surface area contributed by atoms with Crippen molar-refractivity contribution in [1.82, 2.24) is 0 Å². The predicted molar refractivity (Wildman–Crippen MR) is 92.2 cm³/mol. The number of hydrogen-bond donors (Lipinski definition) is 1. The summed E-state index contributed by atoms with van der Waals surface area (Å²) in [5.41, 5.74) is 5.85. The Labute approximate surface area is 148 Å². The molecule has 2 rings (SSSR count). The molecule has 0 saturated carbocycles. The number of primary amides is 1. The van der Waals surface area contributed by atoms with Crippen molar-refractivity contribution in [1.29, 1.82) is 0 Å². The Morgan fingerprint density at radius 2 is 1.58 bits per heavy atom. The molecule has 0 aliphatic rings. The van der Waals surface area contributed by atoms with Gasteiger partial charge in [0.1, 0.15) is 5.82 Å². The third-order valence-corrected chi connectivity index (χ3v) is 3.74. The van der Waals surface area contributed by atoms with Gasteiger partial charge < -0.3 is 15.5 Å². The van der Waals surface area contributed by atoms with Crippen molar-refractivity contribution in [3.8, 4) is 0 Å². The maximum absolute atomic E-state index is 13.4. The number of carbonyl (C=O) groups excluding carboxylic acids is 2. The standard InChI is InChI=1S/C18H18F3N3O2/c1-23(14-6-7-15(20)16(21)10-14)11-18(26)24(9-8-17(22)25)13-4-2-12(19)3-5-13/h2-7,10H,8-9,11H2,1H3,(H2,22,25). The fourth-order valence-electron chi connectivity index (χ4n) is 2.34. The number of nitrogens with zero attached hydrogens (tertiary/aromatic N) is 2. The molecule has 138 valence electrons. The molecule has 2 aromatic rings. The molecule has 0 aliphatic heterocycles. The average molecular weight is 365 g/mol. The molecule has 0 spiro atoms. The summed E-state index contributed by atoms with van der Waals surface area (Å²) < 4.78 is 39.5. The van der Waals surface area contributed by atoms with Crippen LogP contribution in [0.5, 0.6) is 0 Å². The molecule has 2 amide bonds. The van der Waals surface area contributed by atoms with Gasteiger partial charge in [0.15, 0.2) is 11.6 Å². The lowest BCUT2D eigenvalue weighted by molar-refractivity contribution is -0.118. The molecule has 2 N–H and O–H groups in total. The lowest BCUT2D eigenvalue weighted by Gasteiger charge is -2.26. The molecule has 0 unspecified atom stereocenters. The first-order valence-corrected chi connectivity index (χ1v) is 7.78. The minimum absolute atomic E-state index is 0.0193. The summed E-state index contributed by atoms with van der Waals surface area (Å²) in [6, 6.07) is 8.50. The Morgan fingerprint density at radius 1 is 0.962 bits per heavy atom. The second-order valence-electron chi connectivity index (χ2n) is 5.69. The lowest BCUT2D eigenvalue weighted by atomic mass is 10.2. The summed E-state index contributed by atoms with van der Waals surface area (Å²) >= 11 is 0. The highest BCUT2D eigenvalue weighted by atomic mass is 19.2. The van der Waals surface area contributed by atoms with Crippen molar-refractivity contribution in [2.45, 2.75) is 6.42 Å². The van der Waals surface area contributed by atoms with Crippen LogP contribution in [-0.4, -0.2) is 32.0 Å². The second kappa shape index (κ2) is 8.37. The fraction of sp³-hybridized carbons (Fsp3) is 0.222. The van der Waals surface area contributed by atoms with Gasteiger partial charge in [-0.15, -0.1) is 0 Å². The number of benzene rings is 2. The zero-order valence-electron chi connectivity index (χ0n) is 14.1. The van der Waals surface area contributed by atoms with Crippen molar-refractivity contribution < 1.29 is 22.8 Å². The highest BCUT2D eigenvalue weighted by Gasteiger charge is 2.19. The third-order valence-electron chi connectivity index (χ3n) is 3.74. The predicted octanol–water partition coefficient (Wildman–Crippen LogP) is 2.45. The van der Waals surface area contributed by atoms with Crippen molar-refractivity contribution in [2.75, 3.05) is 29.9 Å². The van der Waals surface area contributed by atoms with E-state index in [1.165, 1.54) is 40.1 Å². The molecule has 0 atom stereocenters. The van der Waals surface area contributed by atoms with Gasteiger partial charge in [0.2, 0.25) is 11.8 Å². The van der Waals surface area contributed by atoms with Gasteiger partial charge in [-0.05, 0) is 36.4 Å². The Balaban J connectivity index is 2.17. The molecule has 0 saturated heterocycles. The van der Waals surface area contributed by atoms with Crippen LogP contribution in [0.15, 0.2) is 42.5 Å². The molecule has 0 aliphatic carbocycles. The van der Waals surface area contributed by atoms with Crippen molar-refractivity contribution in [3.63, 3.8) is 0 Å². The van der Waals surface area contributed by atoms with Crippen LogP contribution in [0, 0.1) is 17.5 Å². The Bertz CT molecular complexity index is 797. The molecule has 0 aromatic heterocycles. The first-order valence-electron chi connectivity index (χ1n) is 7.78. The van der Waals surface area contributed by atoms with E-state index in [1.807, 2.05) is 0 Å². The highest BCUT2D eigenvalue weighted by molar-refractivity contribution is 5.96. The summed E-state index contributed by atoms with van der Waals surface area (Å²) in [6.07, 6.45) is -0.0714. The maximum Gasteiger partial charge on any atom is 0.246 e. The van der Waals surface area contributed by atoms with Gasteiger partial charge in [-0.3, -0.25) is 9.59 Å². The number of nitrogens with two attached hydrogens (primary N) is 1. The zero-order valence-corrected chi connectivity index (χ0v) is 14.1. The van der Waals surface area contributed by atoms with Gasteiger partial charge in [-0.1, -0.05) is 0 Å². The maximum atomic E-state index is 13.4. The smallest absolute Gasteiger partial charge is 0.246 e. The minimum atomic E-state index is -1.02. The second-order valence-corrected chi connectivity index (χ2v) is 5.69. The van der Waals surface area contributed by atoms with E-state index in [1.54, 1.807) is 7.05 Å². The first-order chi connectivity index (χ1) is 12.3. The van der Waals surface area contributed by atoms with Gasteiger partial charge >= 0.3 is 0 Å². The Kier molecular flexibility index (Phi) is 6.21. The van der Waals surface area contributed by atoms with E-state index in [-0.39, 0.29) is 19.5 Å². The van der Waals surface area contributed by atoms with Crippen LogP contribution in [0.25, 0.3) is 0 Å². The first kappa shape index (κ1) is 19.3. The number of anilines is 2. The van der Waals surface area contributed by atoms with E-state index in [4.69, 9.17) is 5.73 Å². The fourth-order valence-corrected chi connectivity index (χ4v) is 2.34. The van der Waals surface area contributed by atoms with Gasteiger partial charge in [-0.2, -0.15) is 0 Å². The molecule has 0 bridgehead atoms. The molecule has 8 heteroatoms. The number of amides is 2. The third kappa shape index (κ3) is 4.98.